The van der Waals surface area contributed by atoms with E-state index in [1.165, 1.54) is 12.7 Å². The Balaban J connectivity index is 2.27. The third-order valence-corrected chi connectivity index (χ3v) is 5.74. The minimum absolute atomic E-state index is 0.318. The molecule has 0 aromatic heterocycles. The molecule has 2 aromatic rings. The van der Waals surface area contributed by atoms with E-state index in [9.17, 15) is 9.90 Å². The van der Waals surface area contributed by atoms with Crippen LogP contribution in [0.1, 0.15) is 35.3 Å². The zero-order chi connectivity index (χ0) is 14.5. The van der Waals surface area contributed by atoms with E-state index in [1.807, 2.05) is 6.07 Å². The first-order chi connectivity index (χ1) is 9.62. The number of carboxylic acid groups (broad SMARTS) is 1. The molecule has 0 saturated carbocycles. The summed E-state index contributed by atoms with van der Waals surface area (Å²) in [4.78, 5) is 11.2. The van der Waals surface area contributed by atoms with Crippen LogP contribution in [0, 0.1) is 7.14 Å². The molecule has 3 heteroatoms. The summed E-state index contributed by atoms with van der Waals surface area (Å²) in [6.45, 7) is 4.20. The first-order valence-corrected chi connectivity index (χ1v) is 8.89. The summed E-state index contributed by atoms with van der Waals surface area (Å²) in [6.07, 6.45) is 1.92. The minimum Gasteiger partial charge on any atom is -0.478 e. The Morgan fingerprint density at radius 3 is 2.15 bits per heavy atom. The third-order valence-electron chi connectivity index (χ3n) is 3.15. The molecular formula is C17H18IO2+. The highest BCUT2D eigenvalue weighted by Crippen LogP contribution is 2.06. The zero-order valence-electron chi connectivity index (χ0n) is 11.7. The molecule has 0 saturated heterocycles. The lowest BCUT2D eigenvalue weighted by Crippen LogP contribution is -3.61. The Hall–Kier alpha value is -1.36. The molecule has 0 aliphatic carbocycles. The van der Waals surface area contributed by atoms with E-state index in [1.54, 1.807) is 6.07 Å². The third kappa shape index (κ3) is 3.82. The van der Waals surface area contributed by atoms with Crippen molar-refractivity contribution in [1.82, 2.24) is 0 Å². The first-order valence-electron chi connectivity index (χ1n) is 6.73. The van der Waals surface area contributed by atoms with E-state index in [4.69, 9.17) is 0 Å². The molecule has 0 radical (unpaired) electrons. The van der Waals surface area contributed by atoms with Crippen molar-refractivity contribution in [1.29, 1.82) is 0 Å². The normalized spacial score (nSPS) is 10.5. The standard InChI is InChI=1S/C17H17IO2/c1-3-12-5-7-15(8-6-12)18-16-10-13(4-2)9-14(11-16)17(19)20/h5-11H,3-4H2,1-2H3/p+1. The van der Waals surface area contributed by atoms with Gasteiger partial charge < -0.3 is 5.11 Å². The number of carbonyl (C=O) groups is 1. The van der Waals surface area contributed by atoms with E-state index >= 15 is 0 Å². The molecule has 104 valence electrons. The predicted molar refractivity (Wildman–Crippen MR) is 76.0 cm³/mol. The smallest absolute Gasteiger partial charge is 0.357 e. The van der Waals surface area contributed by atoms with Crippen LogP contribution < -0.4 is 21.2 Å². The van der Waals surface area contributed by atoms with Crippen molar-refractivity contribution in [2.45, 2.75) is 26.7 Å². The van der Waals surface area contributed by atoms with Crippen molar-refractivity contribution in [3.05, 3.63) is 66.3 Å². The molecule has 0 fully saturated rings. The van der Waals surface area contributed by atoms with Crippen LogP contribution in [0.2, 0.25) is 0 Å². The van der Waals surface area contributed by atoms with Gasteiger partial charge in [-0.15, -0.1) is 0 Å². The Bertz CT molecular complexity index is 603. The van der Waals surface area contributed by atoms with Crippen molar-refractivity contribution in [2.24, 2.45) is 0 Å². The summed E-state index contributed by atoms with van der Waals surface area (Å²) < 4.78 is 2.50. The molecule has 0 atom stereocenters. The molecule has 0 aliphatic rings. The maximum absolute atomic E-state index is 11.2. The van der Waals surface area contributed by atoms with Crippen molar-refractivity contribution in [3.63, 3.8) is 0 Å². The highest BCUT2D eigenvalue weighted by Gasteiger charge is 2.18. The zero-order valence-corrected chi connectivity index (χ0v) is 13.8. The summed E-state index contributed by atoms with van der Waals surface area (Å²) in [6, 6.07) is 14.4. The second-order valence-corrected chi connectivity index (χ2v) is 7.61. The van der Waals surface area contributed by atoms with Gasteiger partial charge >= 0.3 is 27.2 Å². The highest BCUT2D eigenvalue weighted by atomic mass is 127. The number of hydrogen-bond donors (Lipinski definition) is 1. The topological polar surface area (TPSA) is 37.3 Å². The highest BCUT2D eigenvalue weighted by molar-refractivity contribution is 5.87. The summed E-state index contributed by atoms with van der Waals surface area (Å²) in [5.41, 5.74) is 2.85. The number of carboxylic acids is 1. The number of aryl methyl sites for hydroxylation is 2. The first kappa shape index (κ1) is 15.0. The van der Waals surface area contributed by atoms with Gasteiger partial charge in [-0.25, -0.2) is 4.79 Å². The summed E-state index contributed by atoms with van der Waals surface area (Å²) in [7, 11) is 0. The molecule has 0 aliphatic heterocycles. The van der Waals surface area contributed by atoms with Gasteiger partial charge in [0.1, 0.15) is 0 Å². The lowest BCUT2D eigenvalue weighted by molar-refractivity contribution is -0.597. The monoisotopic (exact) mass is 381 g/mol. The number of halogens is 1. The van der Waals surface area contributed by atoms with Crippen LogP contribution in [0.5, 0.6) is 0 Å². The molecule has 0 unspecified atom stereocenters. The van der Waals surface area contributed by atoms with Crippen molar-refractivity contribution >= 4 is 5.97 Å². The largest absolute Gasteiger partial charge is 0.478 e. The van der Waals surface area contributed by atoms with Crippen molar-refractivity contribution in [2.75, 3.05) is 0 Å². The van der Waals surface area contributed by atoms with Crippen LogP contribution in [-0.4, -0.2) is 11.1 Å². The van der Waals surface area contributed by atoms with Gasteiger partial charge in [0.05, 0.1) is 5.56 Å². The van der Waals surface area contributed by atoms with Crippen LogP contribution in [0.15, 0.2) is 42.5 Å². The molecule has 0 bridgehead atoms. The van der Waals surface area contributed by atoms with Gasteiger partial charge in [-0.05, 0) is 48.2 Å². The predicted octanol–water partition coefficient (Wildman–Crippen LogP) is 0.638. The van der Waals surface area contributed by atoms with E-state index in [-0.39, 0.29) is 21.2 Å². The van der Waals surface area contributed by atoms with Gasteiger partial charge in [0.25, 0.3) is 0 Å². The number of hydrogen-bond acceptors (Lipinski definition) is 1. The molecule has 0 amide bonds. The molecule has 1 N–H and O–H groups in total. The average Bonchev–Trinajstić information content (AvgIpc) is 2.47. The van der Waals surface area contributed by atoms with Gasteiger partial charge in [0.2, 0.25) is 0 Å². The molecular weight excluding hydrogens is 363 g/mol. The van der Waals surface area contributed by atoms with E-state index in [0.29, 0.717) is 5.56 Å². The summed E-state index contributed by atoms with van der Waals surface area (Å²) in [5, 5.41) is 9.18. The van der Waals surface area contributed by atoms with E-state index in [2.05, 4.69) is 44.2 Å². The lowest BCUT2D eigenvalue weighted by atomic mass is 10.1. The van der Waals surface area contributed by atoms with Crippen LogP contribution >= 0.6 is 0 Å². The van der Waals surface area contributed by atoms with Gasteiger partial charge in [-0.1, -0.05) is 26.0 Å². The van der Waals surface area contributed by atoms with Gasteiger partial charge in [-0.2, -0.15) is 0 Å². The van der Waals surface area contributed by atoms with Gasteiger partial charge in [-0.3, -0.25) is 0 Å². The number of rotatable bonds is 5. The molecule has 0 heterocycles. The maximum Gasteiger partial charge on any atom is 0.357 e. The van der Waals surface area contributed by atoms with Gasteiger partial charge in [0, 0.05) is 6.07 Å². The summed E-state index contributed by atoms with van der Waals surface area (Å²) >= 11 is -0.318. The fourth-order valence-corrected chi connectivity index (χ4v) is 4.43. The fourth-order valence-electron chi connectivity index (χ4n) is 1.94. The molecule has 2 rings (SSSR count). The van der Waals surface area contributed by atoms with Crippen LogP contribution in [0.25, 0.3) is 0 Å². The van der Waals surface area contributed by atoms with Gasteiger partial charge in [0.15, 0.2) is 7.14 Å². The Morgan fingerprint density at radius 2 is 1.60 bits per heavy atom. The SMILES string of the molecule is CCc1ccc([I+]c2cc(CC)cc(C(=O)O)c2)cc1. The van der Waals surface area contributed by atoms with E-state index in [0.717, 1.165) is 18.4 Å². The molecule has 2 nitrogen and oxygen atoms in total. The molecule has 0 spiro atoms. The average molecular weight is 381 g/mol. The molecule has 20 heavy (non-hydrogen) atoms. The minimum atomic E-state index is -0.841. The fraction of sp³-hybridized carbons (Fsp3) is 0.235. The van der Waals surface area contributed by atoms with Crippen molar-refractivity contribution < 1.29 is 31.1 Å². The number of aromatic carboxylic acids is 1. The number of benzene rings is 2. The van der Waals surface area contributed by atoms with E-state index < -0.39 is 5.97 Å². The quantitative estimate of drug-likeness (QED) is 0.772. The Labute approximate surface area is 130 Å². The maximum atomic E-state index is 11.2. The Kier molecular flexibility index (Phi) is 5.17. The second kappa shape index (κ2) is 6.88. The van der Waals surface area contributed by atoms with Crippen LogP contribution in [0.3, 0.4) is 0 Å². The molecule has 2 aromatic carbocycles. The van der Waals surface area contributed by atoms with Crippen molar-refractivity contribution in [3.8, 4) is 0 Å². The van der Waals surface area contributed by atoms with Crippen LogP contribution in [-0.2, 0) is 12.8 Å². The van der Waals surface area contributed by atoms with Crippen LogP contribution in [0.4, 0.5) is 0 Å². The second-order valence-electron chi connectivity index (χ2n) is 4.58. The lowest BCUT2D eigenvalue weighted by Gasteiger charge is -1.99. The summed E-state index contributed by atoms with van der Waals surface area (Å²) in [5.74, 6) is -0.841. The Morgan fingerprint density at radius 1 is 0.950 bits per heavy atom.